The van der Waals surface area contributed by atoms with E-state index in [1.165, 1.54) is 21.4 Å². The third kappa shape index (κ3) is 2.88. The molecule has 0 amide bonds. The minimum Gasteiger partial charge on any atom is -0.0622 e. The van der Waals surface area contributed by atoms with Crippen LogP contribution in [0.15, 0.2) is 72.8 Å². The smallest absolute Gasteiger partial charge is 0 e. The first kappa shape index (κ1) is 13.8. The van der Waals surface area contributed by atoms with Crippen LogP contribution in [0.3, 0.4) is 0 Å². The quantitative estimate of drug-likeness (QED) is 0.489. The van der Waals surface area contributed by atoms with Crippen LogP contribution in [0.25, 0.3) is 10.8 Å². The second-order valence-electron chi connectivity index (χ2n) is 4.43. The zero-order valence-corrected chi connectivity index (χ0v) is 11.8. The Kier molecular flexibility index (Phi) is 4.40. The van der Waals surface area contributed by atoms with E-state index in [1.54, 1.807) is 0 Å². The van der Waals surface area contributed by atoms with E-state index < -0.39 is 0 Å². The first-order chi connectivity index (χ1) is 8.84. The van der Waals surface area contributed by atoms with Gasteiger partial charge in [-0.15, -0.1) is 0 Å². The Morgan fingerprint density at radius 2 is 1.26 bits per heavy atom. The van der Waals surface area contributed by atoms with Crippen LogP contribution in [0.2, 0.25) is 0 Å². The summed E-state index contributed by atoms with van der Waals surface area (Å²) in [5.41, 5.74) is 0. The molecule has 91 valence electrons. The van der Waals surface area contributed by atoms with Gasteiger partial charge in [0.2, 0.25) is 0 Å². The highest BCUT2D eigenvalue weighted by atomic mass is 31.1. The minimum atomic E-state index is -0.244. The second-order valence-corrected chi connectivity index (χ2v) is 6.58. The Labute approximate surface area is 117 Å². The summed E-state index contributed by atoms with van der Waals surface area (Å²) in [6, 6.07) is 26.1. The van der Waals surface area contributed by atoms with Gasteiger partial charge >= 0.3 is 0 Å². The van der Waals surface area contributed by atoms with Crippen molar-refractivity contribution >= 4 is 37.7 Å². The maximum atomic E-state index is 2.33. The van der Waals surface area contributed by atoms with Gasteiger partial charge < -0.3 is 0 Å². The highest BCUT2D eigenvalue weighted by Crippen LogP contribution is 2.29. The number of hydrogen-bond acceptors (Lipinski definition) is 0. The molecule has 0 aliphatic rings. The molecule has 0 spiro atoms. The normalized spacial score (nSPS) is 11.8. The summed E-state index contributed by atoms with van der Waals surface area (Å²) in [6.45, 7) is 2.33. The average molecular weight is 261 g/mol. The zero-order valence-electron chi connectivity index (χ0n) is 11.0. The van der Waals surface area contributed by atoms with Gasteiger partial charge in [-0.2, -0.15) is 0 Å². The number of hydrogen-bond donors (Lipinski definition) is 0. The third-order valence-corrected chi connectivity index (χ3v) is 5.39. The van der Waals surface area contributed by atoms with Crippen LogP contribution in [0.1, 0.15) is 0 Å². The number of benzene rings is 3. The molecule has 1 atom stereocenters. The lowest BCUT2D eigenvalue weighted by atomic mass is 10.1. The van der Waals surface area contributed by atoms with Crippen LogP contribution < -0.4 is 10.6 Å². The molecule has 0 aliphatic carbocycles. The van der Waals surface area contributed by atoms with E-state index in [0.717, 1.165) is 0 Å². The highest BCUT2D eigenvalue weighted by molar-refractivity contribution is 7.72. The van der Waals surface area contributed by atoms with Gasteiger partial charge in [0.1, 0.15) is 0 Å². The summed E-state index contributed by atoms with van der Waals surface area (Å²) in [7, 11) is -0.244. The lowest BCUT2D eigenvalue weighted by Crippen LogP contribution is -2.10. The molecule has 0 unspecified atom stereocenters. The molecule has 0 aromatic heterocycles. The fourth-order valence-electron chi connectivity index (χ4n) is 2.19. The van der Waals surface area contributed by atoms with Crippen LogP contribution in [0, 0.1) is 0 Å². The first-order valence-electron chi connectivity index (χ1n) is 6.12. The minimum absolute atomic E-state index is 0. The van der Waals surface area contributed by atoms with Gasteiger partial charge in [0.25, 0.3) is 0 Å². The van der Waals surface area contributed by atoms with E-state index in [-0.39, 0.29) is 16.3 Å². The predicted octanol–water partition coefficient (Wildman–Crippen LogP) is 3.52. The van der Waals surface area contributed by atoms with E-state index in [1.807, 2.05) is 0 Å². The molecule has 2 heteroatoms. The second kappa shape index (κ2) is 6.04. The van der Waals surface area contributed by atoms with Crippen molar-refractivity contribution in [2.75, 3.05) is 6.66 Å². The molecular weight excluding hydrogens is 246 g/mol. The Morgan fingerprint density at radius 1 is 0.632 bits per heavy atom. The lowest BCUT2D eigenvalue weighted by molar-refractivity contribution is 1.76. The third-order valence-electron chi connectivity index (χ3n) is 3.26. The van der Waals surface area contributed by atoms with Gasteiger partial charge in [0.05, 0.1) is 0 Å². The monoisotopic (exact) mass is 261 g/mol. The Bertz CT molecular complexity index is 664. The molecule has 0 nitrogen and oxygen atoms in total. The maximum absolute atomic E-state index is 2.33. The molecular formula is C17H15BP. The van der Waals surface area contributed by atoms with Crippen molar-refractivity contribution in [1.82, 2.24) is 0 Å². The van der Waals surface area contributed by atoms with Gasteiger partial charge in [-0.1, -0.05) is 66.7 Å². The van der Waals surface area contributed by atoms with E-state index >= 15 is 0 Å². The number of fused-ring (bicyclic) bond motifs is 1. The van der Waals surface area contributed by atoms with Crippen molar-refractivity contribution in [2.45, 2.75) is 0 Å². The standard InChI is InChI=1S/C17H15P.B/c1-18(16-9-3-2-4-10-16)17-12-11-14-7-5-6-8-15(14)13-17;/h2-13H,1H3;/t18-;/m0./s1. The summed E-state index contributed by atoms with van der Waals surface area (Å²) < 4.78 is 0. The van der Waals surface area contributed by atoms with Crippen LogP contribution in [-0.2, 0) is 0 Å². The topological polar surface area (TPSA) is 0 Å². The molecule has 3 aromatic carbocycles. The Morgan fingerprint density at radius 3 is 2.00 bits per heavy atom. The SMILES string of the molecule is C[P@@](c1ccccc1)c1ccc2ccccc2c1.[B]. The Balaban J connectivity index is 0.00000133. The van der Waals surface area contributed by atoms with Crippen LogP contribution in [-0.4, -0.2) is 15.1 Å². The molecule has 0 bridgehead atoms. The molecule has 0 N–H and O–H groups in total. The fourth-order valence-corrected chi connectivity index (χ4v) is 3.73. The van der Waals surface area contributed by atoms with E-state index in [2.05, 4.69) is 79.5 Å². The zero-order chi connectivity index (χ0) is 12.4. The van der Waals surface area contributed by atoms with E-state index in [4.69, 9.17) is 0 Å². The van der Waals surface area contributed by atoms with E-state index in [9.17, 15) is 0 Å². The largest absolute Gasteiger partial charge is 0.0622 e. The summed E-state index contributed by atoms with van der Waals surface area (Å²) in [5.74, 6) is 0. The van der Waals surface area contributed by atoms with Crippen molar-refractivity contribution in [3.63, 3.8) is 0 Å². The van der Waals surface area contributed by atoms with Gasteiger partial charge in [0.15, 0.2) is 0 Å². The van der Waals surface area contributed by atoms with Crippen molar-refractivity contribution in [1.29, 1.82) is 0 Å². The van der Waals surface area contributed by atoms with Crippen molar-refractivity contribution < 1.29 is 0 Å². The van der Waals surface area contributed by atoms with Crippen molar-refractivity contribution in [2.24, 2.45) is 0 Å². The molecule has 0 heterocycles. The van der Waals surface area contributed by atoms with Crippen molar-refractivity contribution in [3.05, 3.63) is 72.8 Å². The average Bonchev–Trinajstić information content (AvgIpc) is 2.47. The predicted molar refractivity (Wildman–Crippen MR) is 88.3 cm³/mol. The van der Waals surface area contributed by atoms with Gasteiger partial charge in [-0.3, -0.25) is 0 Å². The molecule has 19 heavy (non-hydrogen) atoms. The summed E-state index contributed by atoms with van der Waals surface area (Å²) in [6.07, 6.45) is 0. The molecule has 3 rings (SSSR count). The summed E-state index contributed by atoms with van der Waals surface area (Å²) in [4.78, 5) is 0. The van der Waals surface area contributed by atoms with Gasteiger partial charge in [0, 0.05) is 8.41 Å². The fraction of sp³-hybridized carbons (Fsp3) is 0.0588. The van der Waals surface area contributed by atoms with Crippen LogP contribution >= 0.6 is 7.92 Å². The first-order valence-corrected chi connectivity index (χ1v) is 7.91. The Hall–Kier alpha value is -1.59. The highest BCUT2D eigenvalue weighted by Gasteiger charge is 2.07. The molecule has 3 radical (unpaired) electrons. The van der Waals surface area contributed by atoms with Crippen LogP contribution in [0.5, 0.6) is 0 Å². The summed E-state index contributed by atoms with van der Waals surface area (Å²) in [5, 5.41) is 5.52. The van der Waals surface area contributed by atoms with Gasteiger partial charge in [-0.25, -0.2) is 0 Å². The molecule has 0 aliphatic heterocycles. The molecule has 0 saturated heterocycles. The van der Waals surface area contributed by atoms with E-state index in [0.29, 0.717) is 0 Å². The lowest BCUT2D eigenvalue weighted by Gasteiger charge is -2.13. The van der Waals surface area contributed by atoms with Gasteiger partial charge in [-0.05, 0) is 42.0 Å². The summed E-state index contributed by atoms with van der Waals surface area (Å²) >= 11 is 0. The number of rotatable bonds is 2. The van der Waals surface area contributed by atoms with Crippen LogP contribution in [0.4, 0.5) is 0 Å². The molecule has 0 saturated carbocycles. The molecule has 3 aromatic rings. The maximum Gasteiger partial charge on any atom is 0 e. The van der Waals surface area contributed by atoms with Crippen molar-refractivity contribution in [3.8, 4) is 0 Å². The molecule has 0 fully saturated rings.